The second-order valence-corrected chi connectivity index (χ2v) is 14.3. The molecular weight excluding hydrogens is 691 g/mol. The molecule has 0 spiro atoms. The molecule has 10 rings (SSSR count). The molecule has 0 amide bonds. The lowest BCUT2D eigenvalue weighted by Gasteiger charge is -2.26. The molecule has 0 heterocycles. The summed E-state index contributed by atoms with van der Waals surface area (Å²) < 4.78 is 0. The third kappa shape index (κ3) is 5.83. The van der Waals surface area contributed by atoms with Gasteiger partial charge in [0.15, 0.2) is 0 Å². The van der Waals surface area contributed by atoms with Gasteiger partial charge in [-0.3, -0.25) is 0 Å². The summed E-state index contributed by atoms with van der Waals surface area (Å²) in [4.78, 5) is 2.15. The Morgan fingerprint density at radius 1 is 0.316 bits per heavy atom. The Balaban J connectivity index is 1.19. The molecule has 0 fully saturated rings. The van der Waals surface area contributed by atoms with Crippen LogP contribution in [0.15, 0.2) is 200 Å². The molecule has 0 saturated heterocycles. The molecular formula is C54H33N3. The summed E-state index contributed by atoms with van der Waals surface area (Å²) in [5.41, 5.74) is 11.1. The van der Waals surface area contributed by atoms with E-state index in [0.29, 0.717) is 11.1 Å². The van der Waals surface area contributed by atoms with E-state index in [2.05, 4.69) is 169 Å². The first-order valence-corrected chi connectivity index (χ1v) is 19.0. The van der Waals surface area contributed by atoms with E-state index in [4.69, 9.17) is 0 Å². The SMILES string of the molecule is N#Cc1ccc(N(c2ccc(C#N)cc2)c2ccc(-c3ccc4c(-c5cccc6ccccc56)c5ccccc5c(-c5cccc6ccccc56)c4c3)cc2)cc1. The molecule has 0 aliphatic heterocycles. The van der Waals surface area contributed by atoms with Crippen molar-refractivity contribution in [3.63, 3.8) is 0 Å². The number of anilines is 3. The van der Waals surface area contributed by atoms with Crippen LogP contribution in [0, 0.1) is 22.7 Å². The number of nitriles is 2. The predicted octanol–water partition coefficient (Wildman–Crippen LogP) is 14.5. The maximum atomic E-state index is 9.47. The van der Waals surface area contributed by atoms with Gasteiger partial charge in [-0.05, 0) is 143 Å². The van der Waals surface area contributed by atoms with Crippen LogP contribution in [0.25, 0.3) is 76.5 Å². The van der Waals surface area contributed by atoms with Crippen LogP contribution < -0.4 is 4.90 Å². The van der Waals surface area contributed by atoms with Gasteiger partial charge < -0.3 is 4.90 Å². The molecule has 0 N–H and O–H groups in total. The first-order chi connectivity index (χ1) is 28.2. The highest BCUT2D eigenvalue weighted by Gasteiger charge is 2.20. The van der Waals surface area contributed by atoms with E-state index in [-0.39, 0.29) is 0 Å². The molecule has 3 nitrogen and oxygen atoms in total. The van der Waals surface area contributed by atoms with Crippen LogP contribution >= 0.6 is 0 Å². The quantitative estimate of drug-likeness (QED) is 0.161. The molecule has 0 saturated carbocycles. The minimum Gasteiger partial charge on any atom is -0.311 e. The Hall–Kier alpha value is -7.98. The first kappa shape index (κ1) is 33.6. The second-order valence-electron chi connectivity index (χ2n) is 14.3. The molecule has 10 aromatic carbocycles. The fourth-order valence-electron chi connectivity index (χ4n) is 8.45. The van der Waals surface area contributed by atoms with Gasteiger partial charge >= 0.3 is 0 Å². The molecule has 264 valence electrons. The standard InChI is InChI=1S/C54H33N3/c55-34-36-19-26-42(27-20-36)57(43-28-21-37(35-56)22-29-43)44-30-23-38(24-31-44)41-25-32-51-52(33-41)54(48-18-8-12-40-10-2-4-14-46(40)48)50-16-6-5-15-49(50)53(51)47-17-7-11-39-9-1-3-13-45(39)47/h1-33H. The van der Waals surface area contributed by atoms with E-state index in [9.17, 15) is 10.5 Å². The van der Waals surface area contributed by atoms with Crippen LogP contribution in [-0.2, 0) is 0 Å². The molecule has 0 aliphatic carbocycles. The number of nitrogens with zero attached hydrogens (tertiary/aromatic N) is 3. The van der Waals surface area contributed by atoms with Gasteiger partial charge in [0, 0.05) is 17.1 Å². The molecule has 0 atom stereocenters. The van der Waals surface area contributed by atoms with E-state index in [1.165, 1.54) is 65.3 Å². The zero-order valence-electron chi connectivity index (χ0n) is 30.9. The number of rotatable bonds is 6. The van der Waals surface area contributed by atoms with Crippen molar-refractivity contribution in [3.05, 3.63) is 211 Å². The van der Waals surface area contributed by atoms with Crippen molar-refractivity contribution < 1.29 is 0 Å². The van der Waals surface area contributed by atoms with Gasteiger partial charge in [0.1, 0.15) is 0 Å². The number of hydrogen-bond donors (Lipinski definition) is 0. The normalized spacial score (nSPS) is 11.1. The predicted molar refractivity (Wildman–Crippen MR) is 237 cm³/mol. The summed E-state index contributed by atoms with van der Waals surface area (Å²) in [5.74, 6) is 0. The zero-order valence-corrected chi connectivity index (χ0v) is 30.9. The molecule has 0 radical (unpaired) electrons. The van der Waals surface area contributed by atoms with Gasteiger partial charge in [-0.15, -0.1) is 0 Å². The Kier molecular flexibility index (Phi) is 8.26. The number of hydrogen-bond acceptors (Lipinski definition) is 3. The molecule has 10 aromatic rings. The van der Waals surface area contributed by atoms with E-state index in [0.717, 1.165) is 28.2 Å². The average molecular weight is 724 g/mol. The highest BCUT2D eigenvalue weighted by atomic mass is 15.1. The van der Waals surface area contributed by atoms with Crippen LogP contribution in [0.5, 0.6) is 0 Å². The molecule has 0 unspecified atom stereocenters. The fraction of sp³-hybridized carbons (Fsp3) is 0. The summed E-state index contributed by atoms with van der Waals surface area (Å²) in [7, 11) is 0. The number of benzene rings is 10. The molecule has 0 bridgehead atoms. The average Bonchev–Trinajstić information content (AvgIpc) is 3.28. The lowest BCUT2D eigenvalue weighted by Crippen LogP contribution is -2.09. The topological polar surface area (TPSA) is 50.8 Å². The summed E-state index contributed by atoms with van der Waals surface area (Å²) in [6, 6.07) is 74.7. The summed E-state index contributed by atoms with van der Waals surface area (Å²) >= 11 is 0. The molecule has 57 heavy (non-hydrogen) atoms. The van der Waals surface area contributed by atoms with E-state index >= 15 is 0 Å². The molecule has 0 aliphatic rings. The van der Waals surface area contributed by atoms with Crippen LogP contribution in [0.1, 0.15) is 11.1 Å². The van der Waals surface area contributed by atoms with E-state index in [1.807, 2.05) is 48.5 Å². The van der Waals surface area contributed by atoms with Gasteiger partial charge in [0.05, 0.1) is 23.3 Å². The van der Waals surface area contributed by atoms with Gasteiger partial charge in [0.25, 0.3) is 0 Å². The van der Waals surface area contributed by atoms with Crippen LogP contribution in [-0.4, -0.2) is 0 Å². The Morgan fingerprint density at radius 2 is 0.702 bits per heavy atom. The second kappa shape index (κ2) is 14.0. The minimum absolute atomic E-state index is 0.601. The summed E-state index contributed by atoms with van der Waals surface area (Å²) in [6.45, 7) is 0. The van der Waals surface area contributed by atoms with Crippen LogP contribution in [0.3, 0.4) is 0 Å². The van der Waals surface area contributed by atoms with Crippen molar-refractivity contribution in [3.8, 4) is 45.5 Å². The largest absolute Gasteiger partial charge is 0.311 e. The lowest BCUT2D eigenvalue weighted by molar-refractivity contribution is 1.28. The monoisotopic (exact) mass is 723 g/mol. The summed E-state index contributed by atoms with van der Waals surface area (Å²) in [6.07, 6.45) is 0. The Bertz CT molecular complexity index is 3170. The third-order valence-corrected chi connectivity index (χ3v) is 11.1. The van der Waals surface area contributed by atoms with Crippen molar-refractivity contribution in [1.82, 2.24) is 0 Å². The lowest BCUT2D eigenvalue weighted by atomic mass is 9.83. The van der Waals surface area contributed by atoms with Crippen molar-refractivity contribution in [2.75, 3.05) is 4.90 Å². The Labute approximate surface area is 331 Å². The number of fused-ring (bicyclic) bond motifs is 4. The first-order valence-electron chi connectivity index (χ1n) is 19.0. The maximum absolute atomic E-state index is 9.47. The van der Waals surface area contributed by atoms with Gasteiger partial charge in [-0.25, -0.2) is 0 Å². The van der Waals surface area contributed by atoms with Gasteiger partial charge in [-0.2, -0.15) is 10.5 Å². The van der Waals surface area contributed by atoms with Gasteiger partial charge in [-0.1, -0.05) is 133 Å². The van der Waals surface area contributed by atoms with Crippen molar-refractivity contribution in [2.24, 2.45) is 0 Å². The van der Waals surface area contributed by atoms with Crippen molar-refractivity contribution >= 4 is 60.2 Å². The Morgan fingerprint density at radius 3 is 1.19 bits per heavy atom. The van der Waals surface area contributed by atoms with Gasteiger partial charge in [0.2, 0.25) is 0 Å². The van der Waals surface area contributed by atoms with E-state index < -0.39 is 0 Å². The maximum Gasteiger partial charge on any atom is 0.0991 e. The third-order valence-electron chi connectivity index (χ3n) is 11.1. The highest BCUT2D eigenvalue weighted by Crippen LogP contribution is 2.47. The van der Waals surface area contributed by atoms with Crippen LogP contribution in [0.2, 0.25) is 0 Å². The zero-order chi connectivity index (χ0) is 38.3. The molecule has 0 aromatic heterocycles. The molecule has 3 heteroatoms. The van der Waals surface area contributed by atoms with E-state index in [1.54, 1.807) is 0 Å². The van der Waals surface area contributed by atoms with Crippen LogP contribution in [0.4, 0.5) is 17.1 Å². The fourth-order valence-corrected chi connectivity index (χ4v) is 8.45. The van der Waals surface area contributed by atoms with Crippen molar-refractivity contribution in [1.29, 1.82) is 10.5 Å². The van der Waals surface area contributed by atoms with Crippen molar-refractivity contribution in [2.45, 2.75) is 0 Å². The summed E-state index contributed by atoms with van der Waals surface area (Å²) in [5, 5.41) is 28.7. The minimum atomic E-state index is 0.601. The smallest absolute Gasteiger partial charge is 0.0991 e. The highest BCUT2D eigenvalue weighted by molar-refractivity contribution is 6.25.